The molecule has 1 aromatic rings. The van der Waals surface area contributed by atoms with Crippen LogP contribution in [0.15, 0.2) is 24.3 Å². The van der Waals surface area contributed by atoms with E-state index in [1.54, 1.807) is 12.1 Å². The number of rotatable bonds is 9. The number of carboxylic acids is 1. The van der Waals surface area contributed by atoms with Crippen molar-refractivity contribution in [1.82, 2.24) is 10.6 Å². The molecule has 6 nitrogen and oxygen atoms in total. The Bertz CT molecular complexity index is 463. The molecule has 116 valence electrons. The van der Waals surface area contributed by atoms with Gasteiger partial charge in [-0.25, -0.2) is 4.79 Å². The number of benzene rings is 1. The number of ether oxygens (including phenoxy) is 1. The summed E-state index contributed by atoms with van der Waals surface area (Å²) in [5, 5.41) is 14.3. The minimum Gasteiger partial charge on any atom is -0.481 e. The van der Waals surface area contributed by atoms with Crippen LogP contribution < -0.4 is 10.6 Å². The Morgan fingerprint density at radius 2 is 1.90 bits per heavy atom. The molecule has 0 bridgehead atoms. The first-order valence-electron chi connectivity index (χ1n) is 7.01. The average molecular weight is 294 g/mol. The second-order valence-electron chi connectivity index (χ2n) is 4.50. The number of hydrogen-bond donors (Lipinski definition) is 3. The predicted octanol–water partition coefficient (Wildman–Crippen LogP) is 1.54. The summed E-state index contributed by atoms with van der Waals surface area (Å²) in [5.41, 5.74) is 1.52. The molecule has 1 aromatic carbocycles. The first-order valence-corrected chi connectivity index (χ1v) is 7.01. The summed E-state index contributed by atoms with van der Waals surface area (Å²) in [6.07, 6.45) is 0.713. The zero-order valence-corrected chi connectivity index (χ0v) is 12.2. The number of carbonyl (C=O) groups is 2. The van der Waals surface area contributed by atoms with Crippen LogP contribution in [0.4, 0.5) is 4.79 Å². The molecule has 0 saturated carbocycles. The van der Waals surface area contributed by atoms with Crippen LogP contribution in [0.2, 0.25) is 0 Å². The van der Waals surface area contributed by atoms with Crippen LogP contribution in [-0.4, -0.2) is 36.9 Å². The van der Waals surface area contributed by atoms with Crippen LogP contribution >= 0.6 is 0 Å². The van der Waals surface area contributed by atoms with Gasteiger partial charge < -0.3 is 20.5 Å². The highest BCUT2D eigenvalue weighted by atomic mass is 16.5. The third-order valence-corrected chi connectivity index (χ3v) is 2.85. The number of aliphatic carboxylic acids is 1. The third kappa shape index (κ3) is 7.31. The zero-order valence-electron chi connectivity index (χ0n) is 12.2. The van der Waals surface area contributed by atoms with Gasteiger partial charge in [0, 0.05) is 26.3 Å². The number of amides is 2. The second-order valence-corrected chi connectivity index (χ2v) is 4.50. The monoisotopic (exact) mass is 294 g/mol. The maximum Gasteiger partial charge on any atom is 0.315 e. The van der Waals surface area contributed by atoms with Crippen molar-refractivity contribution in [3.05, 3.63) is 35.4 Å². The summed E-state index contributed by atoms with van der Waals surface area (Å²) in [7, 11) is 0. The van der Waals surface area contributed by atoms with Crippen molar-refractivity contribution < 1.29 is 19.4 Å². The number of hydrogen-bond acceptors (Lipinski definition) is 3. The maximum atomic E-state index is 11.6. The Morgan fingerprint density at radius 3 is 2.57 bits per heavy atom. The molecule has 0 aliphatic heterocycles. The Morgan fingerprint density at radius 1 is 1.19 bits per heavy atom. The summed E-state index contributed by atoms with van der Waals surface area (Å²) in [4.78, 5) is 22.4. The highest BCUT2D eigenvalue weighted by molar-refractivity contribution is 5.74. The molecule has 0 radical (unpaired) electrons. The van der Waals surface area contributed by atoms with E-state index in [2.05, 4.69) is 10.6 Å². The lowest BCUT2D eigenvalue weighted by Gasteiger charge is -2.10. The van der Waals surface area contributed by atoms with E-state index in [1.807, 2.05) is 19.1 Å². The van der Waals surface area contributed by atoms with Crippen LogP contribution in [0.3, 0.4) is 0 Å². The first-order chi connectivity index (χ1) is 10.1. The minimum atomic E-state index is -0.886. The normalized spacial score (nSPS) is 10.1. The van der Waals surface area contributed by atoms with E-state index in [4.69, 9.17) is 9.84 Å². The zero-order chi connectivity index (χ0) is 15.5. The van der Waals surface area contributed by atoms with E-state index >= 15 is 0 Å². The van der Waals surface area contributed by atoms with Crippen molar-refractivity contribution in [3.8, 4) is 0 Å². The molecule has 0 fully saturated rings. The lowest BCUT2D eigenvalue weighted by molar-refractivity contribution is -0.136. The molecule has 6 heteroatoms. The standard InChI is InChI=1S/C15H22N2O4/c1-2-21-9-5-8-16-15(20)17-11-13-7-4-3-6-12(13)10-14(18)19/h3-4,6-7H,2,5,8-11H2,1H3,(H,18,19)(H2,16,17,20). The van der Waals surface area contributed by atoms with Gasteiger partial charge in [0.05, 0.1) is 6.42 Å². The highest BCUT2D eigenvalue weighted by Gasteiger charge is 2.07. The highest BCUT2D eigenvalue weighted by Crippen LogP contribution is 2.09. The largest absolute Gasteiger partial charge is 0.481 e. The van der Waals surface area contributed by atoms with Gasteiger partial charge in [0.25, 0.3) is 0 Å². The van der Waals surface area contributed by atoms with Crippen LogP contribution in [0, 0.1) is 0 Å². The van der Waals surface area contributed by atoms with Gasteiger partial charge in [0.1, 0.15) is 0 Å². The van der Waals surface area contributed by atoms with Crippen LogP contribution in [-0.2, 0) is 22.5 Å². The number of carbonyl (C=O) groups excluding carboxylic acids is 1. The minimum absolute atomic E-state index is 0.0478. The van der Waals surface area contributed by atoms with Crippen molar-refractivity contribution in [2.75, 3.05) is 19.8 Å². The molecule has 0 saturated heterocycles. The first kappa shape index (κ1) is 17.0. The average Bonchev–Trinajstić information content (AvgIpc) is 2.45. The molecule has 3 N–H and O–H groups in total. The molecule has 0 atom stereocenters. The van der Waals surface area contributed by atoms with Crippen LogP contribution in [0.5, 0.6) is 0 Å². The maximum absolute atomic E-state index is 11.6. The molecule has 2 amide bonds. The van der Waals surface area contributed by atoms with Gasteiger partial charge in [-0.2, -0.15) is 0 Å². The van der Waals surface area contributed by atoms with Gasteiger partial charge in [-0.15, -0.1) is 0 Å². The van der Waals surface area contributed by atoms with Crippen molar-refractivity contribution in [3.63, 3.8) is 0 Å². The summed E-state index contributed by atoms with van der Waals surface area (Å²) in [6, 6.07) is 6.91. The Hall–Kier alpha value is -2.08. The number of urea groups is 1. The third-order valence-electron chi connectivity index (χ3n) is 2.85. The van der Waals surface area contributed by atoms with Crippen molar-refractivity contribution in [2.45, 2.75) is 26.3 Å². The summed E-state index contributed by atoms with van der Waals surface area (Å²) >= 11 is 0. The van der Waals surface area contributed by atoms with Gasteiger partial charge in [0.15, 0.2) is 0 Å². The molecule has 0 unspecified atom stereocenters. The van der Waals surface area contributed by atoms with E-state index in [9.17, 15) is 9.59 Å². The summed E-state index contributed by atoms with van der Waals surface area (Å²) < 4.78 is 5.17. The van der Waals surface area contributed by atoms with Gasteiger partial charge in [-0.3, -0.25) is 4.79 Å². The second kappa shape index (κ2) is 9.77. The Balaban J connectivity index is 2.34. The fraction of sp³-hybridized carbons (Fsp3) is 0.467. The van der Waals surface area contributed by atoms with Gasteiger partial charge in [-0.1, -0.05) is 24.3 Å². The topological polar surface area (TPSA) is 87.7 Å². The molecule has 1 rings (SSSR count). The predicted molar refractivity (Wildman–Crippen MR) is 79.1 cm³/mol. The van der Waals surface area contributed by atoms with E-state index in [1.165, 1.54) is 0 Å². The number of nitrogens with one attached hydrogen (secondary N) is 2. The molecule has 0 spiro atoms. The quantitative estimate of drug-likeness (QED) is 0.603. The van der Waals surface area contributed by atoms with Gasteiger partial charge in [-0.05, 0) is 24.5 Å². The van der Waals surface area contributed by atoms with Crippen molar-refractivity contribution in [1.29, 1.82) is 0 Å². The SMILES string of the molecule is CCOCCCNC(=O)NCc1ccccc1CC(=O)O. The van der Waals surface area contributed by atoms with Crippen molar-refractivity contribution >= 4 is 12.0 Å². The fourth-order valence-corrected chi connectivity index (χ4v) is 1.82. The Labute approximate surface area is 124 Å². The lowest BCUT2D eigenvalue weighted by atomic mass is 10.0. The van der Waals surface area contributed by atoms with Crippen molar-refractivity contribution in [2.24, 2.45) is 0 Å². The molecular formula is C15H22N2O4. The van der Waals surface area contributed by atoms with E-state index in [0.29, 0.717) is 31.9 Å². The van der Waals surface area contributed by atoms with Gasteiger partial charge >= 0.3 is 12.0 Å². The fourth-order valence-electron chi connectivity index (χ4n) is 1.82. The number of carboxylic acid groups (broad SMARTS) is 1. The molecule has 0 aliphatic carbocycles. The lowest BCUT2D eigenvalue weighted by Crippen LogP contribution is -2.36. The van der Waals surface area contributed by atoms with E-state index in [-0.39, 0.29) is 12.5 Å². The molecule has 21 heavy (non-hydrogen) atoms. The molecular weight excluding hydrogens is 272 g/mol. The molecule has 0 aromatic heterocycles. The van der Waals surface area contributed by atoms with E-state index < -0.39 is 5.97 Å². The van der Waals surface area contributed by atoms with Crippen LogP contribution in [0.1, 0.15) is 24.5 Å². The smallest absolute Gasteiger partial charge is 0.315 e. The summed E-state index contributed by atoms with van der Waals surface area (Å²) in [6.45, 7) is 4.07. The molecule has 0 aliphatic rings. The summed E-state index contributed by atoms with van der Waals surface area (Å²) in [5.74, 6) is -0.886. The van der Waals surface area contributed by atoms with Gasteiger partial charge in [0.2, 0.25) is 0 Å². The molecule has 0 heterocycles. The van der Waals surface area contributed by atoms with E-state index in [0.717, 1.165) is 12.0 Å². The Kier molecular flexibility index (Phi) is 7.89. The van der Waals surface area contributed by atoms with Crippen LogP contribution in [0.25, 0.3) is 0 Å².